The van der Waals surface area contributed by atoms with Crippen molar-refractivity contribution in [3.8, 4) is 0 Å². The first-order valence-corrected chi connectivity index (χ1v) is 6.12. The zero-order chi connectivity index (χ0) is 11.3. The Kier molecular flexibility index (Phi) is 5.02. The summed E-state index contributed by atoms with van der Waals surface area (Å²) in [5, 5.41) is 6.23. The molecule has 15 heavy (non-hydrogen) atoms. The van der Waals surface area contributed by atoms with Gasteiger partial charge in [0.1, 0.15) is 0 Å². The van der Waals surface area contributed by atoms with Gasteiger partial charge in [-0.25, -0.2) is 0 Å². The first-order chi connectivity index (χ1) is 7.09. The van der Waals surface area contributed by atoms with Gasteiger partial charge in [-0.05, 0) is 38.9 Å². The summed E-state index contributed by atoms with van der Waals surface area (Å²) >= 11 is 5.03. The predicted octanol–water partition coefficient (Wildman–Crippen LogP) is 1.97. The number of amides is 1. The van der Waals surface area contributed by atoms with Gasteiger partial charge in [-0.15, -0.1) is 0 Å². The molecule has 1 saturated carbocycles. The number of thiocarbonyl (C=S) groups is 1. The largest absolute Gasteiger partial charge is 0.360 e. The van der Waals surface area contributed by atoms with Crippen LogP contribution in [-0.2, 0) is 4.79 Å². The first-order valence-electron chi connectivity index (χ1n) is 5.71. The molecule has 1 fully saturated rings. The Hall–Kier alpha value is -0.640. The zero-order valence-electron chi connectivity index (χ0n) is 9.51. The van der Waals surface area contributed by atoms with Crippen LogP contribution in [0.3, 0.4) is 0 Å². The number of nitrogens with one attached hydrogen (secondary N) is 2. The number of hydrogen-bond donors (Lipinski definition) is 2. The zero-order valence-corrected chi connectivity index (χ0v) is 10.3. The van der Waals surface area contributed by atoms with Crippen molar-refractivity contribution in [2.45, 2.75) is 52.0 Å². The third-order valence-electron chi connectivity index (χ3n) is 2.63. The highest BCUT2D eigenvalue weighted by Gasteiger charge is 2.21. The maximum absolute atomic E-state index is 11.8. The maximum atomic E-state index is 11.8. The number of carbonyl (C=O) groups excluding carboxylic acids is 1. The van der Waals surface area contributed by atoms with E-state index >= 15 is 0 Å². The highest BCUT2D eigenvalue weighted by atomic mass is 32.1. The molecule has 0 aromatic heterocycles. The second-order valence-electron chi connectivity index (χ2n) is 4.45. The van der Waals surface area contributed by atoms with Crippen molar-refractivity contribution in [3.05, 3.63) is 0 Å². The van der Waals surface area contributed by atoms with Gasteiger partial charge in [0.15, 0.2) is 5.11 Å². The van der Waals surface area contributed by atoms with Crippen molar-refractivity contribution in [1.29, 1.82) is 0 Å². The van der Waals surface area contributed by atoms with Crippen LogP contribution in [-0.4, -0.2) is 17.1 Å². The first kappa shape index (κ1) is 12.4. The average Bonchev–Trinajstić information content (AvgIpc) is 2.17. The SMILES string of the molecule is CC(C)NC(=S)NC(=O)C1CCCCC1. The third-order valence-corrected chi connectivity index (χ3v) is 2.85. The van der Waals surface area contributed by atoms with Gasteiger partial charge < -0.3 is 10.6 Å². The van der Waals surface area contributed by atoms with E-state index in [2.05, 4.69) is 10.6 Å². The van der Waals surface area contributed by atoms with Crippen molar-refractivity contribution < 1.29 is 4.79 Å². The molecule has 0 radical (unpaired) electrons. The molecular weight excluding hydrogens is 208 g/mol. The normalized spacial score (nSPS) is 17.5. The smallest absolute Gasteiger partial charge is 0.229 e. The molecule has 1 amide bonds. The van der Waals surface area contributed by atoms with E-state index in [0.29, 0.717) is 5.11 Å². The summed E-state index contributed by atoms with van der Waals surface area (Å²) < 4.78 is 0. The van der Waals surface area contributed by atoms with Crippen molar-refractivity contribution >= 4 is 23.2 Å². The Labute approximate surface area is 97.0 Å². The Bertz CT molecular complexity index is 235. The van der Waals surface area contributed by atoms with Crippen LogP contribution in [0.25, 0.3) is 0 Å². The molecule has 2 N–H and O–H groups in total. The highest BCUT2D eigenvalue weighted by Crippen LogP contribution is 2.23. The van der Waals surface area contributed by atoms with Crippen LogP contribution in [0.15, 0.2) is 0 Å². The second kappa shape index (κ2) is 6.05. The quantitative estimate of drug-likeness (QED) is 0.710. The van der Waals surface area contributed by atoms with E-state index < -0.39 is 0 Å². The van der Waals surface area contributed by atoms with E-state index in [-0.39, 0.29) is 17.9 Å². The monoisotopic (exact) mass is 228 g/mol. The predicted molar refractivity (Wildman–Crippen MR) is 65.6 cm³/mol. The Morgan fingerprint density at radius 3 is 2.40 bits per heavy atom. The van der Waals surface area contributed by atoms with Crippen molar-refractivity contribution in [1.82, 2.24) is 10.6 Å². The van der Waals surface area contributed by atoms with Crippen molar-refractivity contribution in [2.24, 2.45) is 5.92 Å². The lowest BCUT2D eigenvalue weighted by Gasteiger charge is -2.21. The summed E-state index contributed by atoms with van der Waals surface area (Å²) in [7, 11) is 0. The number of carbonyl (C=O) groups is 1. The van der Waals surface area contributed by atoms with Crippen LogP contribution in [0.4, 0.5) is 0 Å². The van der Waals surface area contributed by atoms with Gasteiger partial charge in [0, 0.05) is 12.0 Å². The summed E-state index contributed by atoms with van der Waals surface area (Å²) in [5.74, 6) is 0.263. The Balaban J connectivity index is 2.30. The van der Waals surface area contributed by atoms with Gasteiger partial charge in [0.05, 0.1) is 0 Å². The fraction of sp³-hybridized carbons (Fsp3) is 0.818. The lowest BCUT2D eigenvalue weighted by molar-refractivity contribution is -0.124. The molecule has 0 aromatic rings. The van der Waals surface area contributed by atoms with E-state index in [0.717, 1.165) is 12.8 Å². The topological polar surface area (TPSA) is 41.1 Å². The maximum Gasteiger partial charge on any atom is 0.229 e. The van der Waals surface area contributed by atoms with Crippen molar-refractivity contribution in [2.75, 3.05) is 0 Å². The minimum Gasteiger partial charge on any atom is -0.360 e. The molecule has 3 nitrogen and oxygen atoms in total. The van der Waals surface area contributed by atoms with Crippen LogP contribution in [0.2, 0.25) is 0 Å². The molecular formula is C11H20N2OS. The van der Waals surface area contributed by atoms with E-state index in [1.807, 2.05) is 13.8 Å². The molecule has 0 unspecified atom stereocenters. The van der Waals surface area contributed by atoms with E-state index in [1.165, 1.54) is 19.3 Å². The van der Waals surface area contributed by atoms with Gasteiger partial charge >= 0.3 is 0 Å². The molecule has 1 aliphatic carbocycles. The molecule has 86 valence electrons. The average molecular weight is 228 g/mol. The van der Waals surface area contributed by atoms with Crippen LogP contribution in [0, 0.1) is 5.92 Å². The molecule has 0 aromatic carbocycles. The van der Waals surface area contributed by atoms with Crippen molar-refractivity contribution in [3.63, 3.8) is 0 Å². The van der Waals surface area contributed by atoms with Gasteiger partial charge in [-0.2, -0.15) is 0 Å². The standard InChI is InChI=1S/C11H20N2OS/c1-8(2)12-11(15)13-10(14)9-6-4-3-5-7-9/h8-9H,3-7H2,1-2H3,(H2,12,13,14,15). The molecule has 0 atom stereocenters. The molecule has 1 aliphatic rings. The lowest BCUT2D eigenvalue weighted by Crippen LogP contribution is -2.44. The molecule has 4 heteroatoms. The molecule has 0 aliphatic heterocycles. The summed E-state index contributed by atoms with van der Waals surface area (Å²) in [4.78, 5) is 11.8. The fourth-order valence-corrected chi connectivity index (χ4v) is 2.21. The second-order valence-corrected chi connectivity index (χ2v) is 4.86. The van der Waals surface area contributed by atoms with Gasteiger partial charge in [-0.3, -0.25) is 4.79 Å². The van der Waals surface area contributed by atoms with E-state index in [9.17, 15) is 4.79 Å². The summed E-state index contributed by atoms with van der Waals surface area (Å²) in [6.07, 6.45) is 5.62. The van der Waals surface area contributed by atoms with Gasteiger partial charge in [0.2, 0.25) is 5.91 Å². The van der Waals surface area contributed by atoms with E-state index in [4.69, 9.17) is 12.2 Å². The summed E-state index contributed by atoms with van der Waals surface area (Å²) in [6, 6.07) is 0.268. The lowest BCUT2D eigenvalue weighted by atomic mass is 9.89. The number of hydrogen-bond acceptors (Lipinski definition) is 2. The third kappa shape index (κ3) is 4.60. The summed E-state index contributed by atoms with van der Waals surface area (Å²) in [6.45, 7) is 4.00. The molecule has 0 spiro atoms. The molecule has 1 rings (SSSR count). The Morgan fingerprint density at radius 1 is 1.27 bits per heavy atom. The van der Waals surface area contributed by atoms with E-state index in [1.54, 1.807) is 0 Å². The number of rotatable bonds is 2. The highest BCUT2D eigenvalue weighted by molar-refractivity contribution is 7.80. The minimum atomic E-state index is 0.0906. The van der Waals surface area contributed by atoms with Crippen LogP contribution in [0.5, 0.6) is 0 Å². The van der Waals surface area contributed by atoms with Gasteiger partial charge in [-0.1, -0.05) is 19.3 Å². The molecule has 0 heterocycles. The van der Waals surface area contributed by atoms with Crippen LogP contribution < -0.4 is 10.6 Å². The molecule has 0 saturated heterocycles. The fourth-order valence-electron chi connectivity index (χ4n) is 1.88. The van der Waals surface area contributed by atoms with Crippen LogP contribution in [0.1, 0.15) is 46.0 Å². The Morgan fingerprint density at radius 2 is 1.87 bits per heavy atom. The summed E-state index contributed by atoms with van der Waals surface area (Å²) in [5.41, 5.74) is 0. The van der Waals surface area contributed by atoms with Gasteiger partial charge in [0.25, 0.3) is 0 Å². The van der Waals surface area contributed by atoms with Crippen LogP contribution >= 0.6 is 12.2 Å². The molecule has 0 bridgehead atoms. The minimum absolute atomic E-state index is 0.0906.